The number of amides is 2. The van der Waals surface area contributed by atoms with Gasteiger partial charge in [0.2, 0.25) is 0 Å². The van der Waals surface area contributed by atoms with E-state index < -0.39 is 0 Å². The summed E-state index contributed by atoms with van der Waals surface area (Å²) in [5.41, 5.74) is 1.13. The summed E-state index contributed by atoms with van der Waals surface area (Å²) >= 11 is 0. The molecule has 0 aromatic heterocycles. The molecule has 0 radical (unpaired) electrons. The van der Waals surface area contributed by atoms with Crippen LogP contribution in [-0.2, 0) is 0 Å². The molecule has 0 heterocycles. The summed E-state index contributed by atoms with van der Waals surface area (Å²) in [5.74, 6) is 0.382. The maximum atomic E-state index is 13.5. The van der Waals surface area contributed by atoms with Crippen molar-refractivity contribution in [3.8, 4) is 5.75 Å². The monoisotopic (exact) mass is 1110 g/mol. The predicted octanol–water partition coefficient (Wildman–Crippen LogP) is 25.0. The lowest BCUT2D eigenvalue weighted by Crippen LogP contribution is -2.26. The van der Waals surface area contributed by atoms with Crippen molar-refractivity contribution < 1.29 is 14.3 Å². The van der Waals surface area contributed by atoms with Crippen LogP contribution in [0.1, 0.15) is 427 Å². The van der Waals surface area contributed by atoms with Gasteiger partial charge in [-0.2, -0.15) is 0 Å². The number of carbonyl (C=O) groups excluding carboxylic acids is 2. The molecule has 1 rings (SSSR count). The van der Waals surface area contributed by atoms with Crippen molar-refractivity contribution in [3.63, 3.8) is 0 Å². The van der Waals surface area contributed by atoms with Crippen LogP contribution in [0.3, 0.4) is 0 Å². The maximum absolute atomic E-state index is 13.5. The van der Waals surface area contributed by atoms with E-state index in [-0.39, 0.29) is 11.8 Å². The minimum atomic E-state index is -0.0910. The van der Waals surface area contributed by atoms with Crippen LogP contribution >= 0.6 is 0 Å². The van der Waals surface area contributed by atoms with Gasteiger partial charge in [-0.15, -0.1) is 0 Å². The van der Waals surface area contributed by atoms with E-state index in [4.69, 9.17) is 4.74 Å². The van der Waals surface area contributed by atoms with E-state index in [1.807, 2.05) is 18.2 Å². The standard InChI is InChI=1S/C74H140N2O3/c1-4-7-10-13-16-19-22-25-28-30-32-34-36-38-40-42-44-46-49-52-55-58-61-66-75-73(77)70-64-65-71(72(69-70)79-68-63-60-57-54-51-48-27-24-21-18-15-12-9-6-3)74(78)76-67-62-59-56-53-50-47-45-43-41-39-37-35-33-31-29-26-23-20-17-14-11-8-5-2/h64-65,69H,4-63,66-68H2,1-3H3,(H,75,77)(H,76,78). The summed E-state index contributed by atoms with van der Waals surface area (Å²) < 4.78 is 6.33. The van der Waals surface area contributed by atoms with Crippen molar-refractivity contribution in [1.82, 2.24) is 10.6 Å². The first kappa shape index (κ1) is 75.0. The lowest BCUT2D eigenvalue weighted by molar-refractivity contribution is 0.0937. The number of hydrogen-bond acceptors (Lipinski definition) is 3. The second-order valence-electron chi connectivity index (χ2n) is 25.2. The molecule has 0 saturated carbocycles. The Morgan fingerprint density at radius 3 is 0.747 bits per heavy atom. The van der Waals surface area contributed by atoms with Crippen LogP contribution in [-0.4, -0.2) is 31.5 Å². The van der Waals surface area contributed by atoms with Crippen molar-refractivity contribution in [3.05, 3.63) is 29.3 Å². The fourth-order valence-electron chi connectivity index (χ4n) is 11.9. The van der Waals surface area contributed by atoms with E-state index in [9.17, 15) is 9.59 Å². The van der Waals surface area contributed by atoms with Crippen LogP contribution < -0.4 is 15.4 Å². The number of nitrogens with one attached hydrogen (secondary N) is 2. The van der Waals surface area contributed by atoms with Gasteiger partial charge in [-0.3, -0.25) is 9.59 Å². The van der Waals surface area contributed by atoms with Gasteiger partial charge in [0.05, 0.1) is 12.2 Å². The highest BCUT2D eigenvalue weighted by Crippen LogP contribution is 2.23. The molecule has 0 aliphatic rings. The van der Waals surface area contributed by atoms with E-state index in [1.165, 1.54) is 347 Å². The van der Waals surface area contributed by atoms with Crippen LogP contribution in [0.2, 0.25) is 0 Å². The molecular weight excluding hydrogens is 965 g/mol. The van der Waals surface area contributed by atoms with E-state index in [0.717, 1.165) is 38.5 Å². The molecular formula is C74H140N2O3. The highest BCUT2D eigenvalue weighted by atomic mass is 16.5. The minimum absolute atomic E-state index is 0.0721. The zero-order chi connectivity index (χ0) is 56.7. The van der Waals surface area contributed by atoms with Gasteiger partial charge in [-0.1, -0.05) is 387 Å². The molecule has 0 unspecified atom stereocenters. The van der Waals surface area contributed by atoms with Crippen LogP contribution in [0.5, 0.6) is 5.75 Å². The Labute approximate surface area is 495 Å². The molecule has 0 saturated heterocycles. The van der Waals surface area contributed by atoms with Gasteiger partial charge in [-0.05, 0) is 37.5 Å². The Bertz CT molecular complexity index is 1380. The average molecular weight is 1110 g/mol. The Kier molecular flexibility index (Phi) is 60.3. The quantitative estimate of drug-likeness (QED) is 0.0639. The summed E-state index contributed by atoms with van der Waals surface area (Å²) in [4.78, 5) is 26.9. The second-order valence-corrected chi connectivity index (χ2v) is 25.2. The molecule has 0 aliphatic carbocycles. The van der Waals surface area contributed by atoms with Crippen molar-refractivity contribution in [2.75, 3.05) is 19.7 Å². The van der Waals surface area contributed by atoms with Crippen molar-refractivity contribution in [2.45, 2.75) is 406 Å². The second kappa shape index (κ2) is 63.5. The Morgan fingerprint density at radius 2 is 0.494 bits per heavy atom. The topological polar surface area (TPSA) is 67.4 Å². The molecule has 1 aromatic rings. The average Bonchev–Trinajstić information content (AvgIpc) is 3.46. The molecule has 464 valence electrons. The molecule has 0 atom stereocenters. The molecule has 1 aromatic carbocycles. The normalized spacial score (nSPS) is 11.5. The van der Waals surface area contributed by atoms with Crippen LogP contribution in [0.25, 0.3) is 0 Å². The van der Waals surface area contributed by atoms with E-state index in [1.54, 1.807) is 0 Å². The predicted molar refractivity (Wildman–Crippen MR) is 351 cm³/mol. The van der Waals surface area contributed by atoms with Crippen molar-refractivity contribution in [1.29, 1.82) is 0 Å². The zero-order valence-electron chi connectivity index (χ0n) is 54.0. The Balaban J connectivity index is 2.27. The van der Waals surface area contributed by atoms with Gasteiger partial charge in [0.1, 0.15) is 5.75 Å². The number of rotatable bonds is 66. The van der Waals surface area contributed by atoms with Gasteiger partial charge in [0, 0.05) is 18.7 Å². The van der Waals surface area contributed by atoms with Crippen molar-refractivity contribution in [2.24, 2.45) is 0 Å². The first-order valence-electron chi connectivity index (χ1n) is 36.5. The van der Waals surface area contributed by atoms with Gasteiger partial charge >= 0.3 is 0 Å². The molecule has 5 heteroatoms. The molecule has 2 amide bonds. The van der Waals surface area contributed by atoms with E-state index in [0.29, 0.717) is 36.6 Å². The molecule has 2 N–H and O–H groups in total. The summed E-state index contributed by atoms with van der Waals surface area (Å²) in [7, 11) is 0. The first-order valence-corrected chi connectivity index (χ1v) is 36.5. The third kappa shape index (κ3) is 53.7. The highest BCUT2D eigenvalue weighted by molar-refractivity contribution is 6.00. The lowest BCUT2D eigenvalue weighted by atomic mass is 10.0. The largest absolute Gasteiger partial charge is 0.493 e. The summed E-state index contributed by atoms with van der Waals surface area (Å²) in [6, 6.07) is 5.43. The summed E-state index contributed by atoms with van der Waals surface area (Å²) in [6.07, 6.45) is 82.0. The number of carbonyl (C=O) groups is 2. The maximum Gasteiger partial charge on any atom is 0.255 e. The van der Waals surface area contributed by atoms with E-state index >= 15 is 0 Å². The van der Waals surface area contributed by atoms with Gasteiger partial charge in [0.15, 0.2) is 0 Å². The van der Waals surface area contributed by atoms with Gasteiger partial charge < -0.3 is 15.4 Å². The molecule has 79 heavy (non-hydrogen) atoms. The fraction of sp³-hybridized carbons (Fsp3) is 0.892. The van der Waals surface area contributed by atoms with Crippen LogP contribution in [0.15, 0.2) is 18.2 Å². The molecule has 0 fully saturated rings. The summed E-state index contributed by atoms with van der Waals surface area (Å²) in [6.45, 7) is 8.84. The zero-order valence-corrected chi connectivity index (χ0v) is 54.0. The third-order valence-electron chi connectivity index (χ3n) is 17.4. The summed E-state index contributed by atoms with van der Waals surface area (Å²) in [5, 5.41) is 6.34. The van der Waals surface area contributed by atoms with Crippen LogP contribution in [0.4, 0.5) is 0 Å². The lowest BCUT2D eigenvalue weighted by Gasteiger charge is -2.14. The fourth-order valence-corrected chi connectivity index (χ4v) is 11.9. The number of unbranched alkanes of at least 4 members (excludes halogenated alkanes) is 57. The van der Waals surface area contributed by atoms with Gasteiger partial charge in [0.25, 0.3) is 11.8 Å². The molecule has 0 spiro atoms. The molecule has 5 nitrogen and oxygen atoms in total. The molecule has 0 bridgehead atoms. The first-order chi connectivity index (χ1) is 39.1. The Hall–Kier alpha value is -2.04. The SMILES string of the molecule is CCCCCCCCCCCCCCCCCCCCCCCCCNC(=O)c1ccc(C(=O)NCCCCCCCCCCCCCCCCCCCCCCCCC)c(OCCCCCCCCCCCCCCCC)c1. The van der Waals surface area contributed by atoms with Crippen molar-refractivity contribution >= 4 is 11.8 Å². The van der Waals surface area contributed by atoms with Crippen LogP contribution in [0, 0.1) is 0 Å². The molecule has 0 aliphatic heterocycles. The van der Waals surface area contributed by atoms with Gasteiger partial charge in [-0.25, -0.2) is 0 Å². The number of ether oxygens (including phenoxy) is 1. The highest BCUT2D eigenvalue weighted by Gasteiger charge is 2.16. The number of hydrogen-bond donors (Lipinski definition) is 2. The Morgan fingerprint density at radius 1 is 0.278 bits per heavy atom. The smallest absolute Gasteiger partial charge is 0.255 e. The number of benzene rings is 1. The van der Waals surface area contributed by atoms with E-state index in [2.05, 4.69) is 31.4 Å². The third-order valence-corrected chi connectivity index (χ3v) is 17.4. The minimum Gasteiger partial charge on any atom is -0.493 e.